The lowest BCUT2D eigenvalue weighted by molar-refractivity contribution is -0.388. The molecule has 224 valence electrons. The highest BCUT2D eigenvalue weighted by Crippen LogP contribution is 2.29. The van der Waals surface area contributed by atoms with Crippen LogP contribution in [0.5, 0.6) is 0 Å². The second kappa shape index (κ2) is 15.5. The number of hydrogen-bond acceptors (Lipinski definition) is 8. The van der Waals surface area contributed by atoms with E-state index < -0.39 is 51.1 Å². The molecule has 0 unspecified atom stereocenters. The van der Waals surface area contributed by atoms with Gasteiger partial charge in [-0.1, -0.05) is 43.3 Å². The van der Waals surface area contributed by atoms with Crippen molar-refractivity contribution in [2.45, 2.75) is 48.8 Å². The van der Waals surface area contributed by atoms with Gasteiger partial charge in [0.15, 0.2) is 9.79 Å². The van der Waals surface area contributed by atoms with E-state index in [1.54, 1.807) is 12.2 Å². The van der Waals surface area contributed by atoms with Gasteiger partial charge in [0.05, 0.1) is 9.85 Å². The van der Waals surface area contributed by atoms with Crippen LogP contribution < -0.4 is 0 Å². The molecule has 12 nitrogen and oxygen atoms in total. The van der Waals surface area contributed by atoms with Crippen molar-refractivity contribution in [2.24, 2.45) is 5.92 Å². The molecule has 41 heavy (non-hydrogen) atoms. The highest BCUT2D eigenvalue weighted by molar-refractivity contribution is 7.89. The van der Waals surface area contributed by atoms with E-state index in [1.165, 1.54) is 36.4 Å². The minimum Gasteiger partial charge on any atom is -0.258 e. The molecule has 0 radical (unpaired) electrons. The molecule has 0 aliphatic carbocycles. The zero-order valence-electron chi connectivity index (χ0n) is 23.0. The topological polar surface area (TPSA) is 161 Å². The third-order valence-electron chi connectivity index (χ3n) is 6.37. The second-order valence-electron chi connectivity index (χ2n) is 9.47. The van der Waals surface area contributed by atoms with E-state index in [1.807, 2.05) is 6.92 Å². The Morgan fingerprint density at radius 3 is 1.68 bits per heavy atom. The lowest BCUT2D eigenvalue weighted by Crippen LogP contribution is -2.39. The average Bonchev–Trinajstić information content (AvgIpc) is 2.94. The first kappa shape index (κ1) is 33.7. The summed E-state index contributed by atoms with van der Waals surface area (Å²) in [4.78, 5) is 20.7. The molecule has 0 saturated heterocycles. The van der Waals surface area contributed by atoms with Crippen LogP contribution in [0.1, 0.15) is 39.0 Å². The Bertz CT molecular complexity index is 1440. The van der Waals surface area contributed by atoms with Gasteiger partial charge in [-0.15, -0.1) is 13.2 Å². The molecule has 0 aromatic heterocycles. The molecule has 0 N–H and O–H groups in total. The molecule has 0 saturated carbocycles. The minimum atomic E-state index is -4.33. The van der Waals surface area contributed by atoms with Crippen molar-refractivity contribution in [3.8, 4) is 0 Å². The van der Waals surface area contributed by atoms with E-state index in [2.05, 4.69) is 13.2 Å². The summed E-state index contributed by atoms with van der Waals surface area (Å²) < 4.78 is 56.7. The molecule has 0 fully saturated rings. The Balaban J connectivity index is 2.40. The normalized spacial score (nSPS) is 12.8. The molecule has 0 bridgehead atoms. The number of para-hydroxylation sites is 2. The average molecular weight is 609 g/mol. The van der Waals surface area contributed by atoms with Crippen molar-refractivity contribution < 1.29 is 26.7 Å². The van der Waals surface area contributed by atoms with Crippen LogP contribution >= 0.6 is 0 Å². The number of unbranched alkanes of at least 4 members (excludes halogenated alkanes) is 1. The molecular formula is C27H36N4O8S2. The largest absolute Gasteiger partial charge is 0.289 e. The van der Waals surface area contributed by atoms with Gasteiger partial charge in [-0.25, -0.2) is 16.8 Å². The monoisotopic (exact) mass is 608 g/mol. The zero-order valence-corrected chi connectivity index (χ0v) is 24.6. The molecule has 2 aromatic rings. The van der Waals surface area contributed by atoms with Gasteiger partial charge in [-0.2, -0.15) is 8.61 Å². The SMILES string of the molecule is C=CCCCN(CCCN(C[C@@H](C)CCC=C)S(=O)(=O)c1ccccc1[N+](=O)[O-])S(=O)(=O)c1ccccc1[N+](=O)[O-]. The highest BCUT2D eigenvalue weighted by Gasteiger charge is 2.34. The van der Waals surface area contributed by atoms with Crippen LogP contribution in [-0.2, 0) is 20.0 Å². The molecule has 2 rings (SSSR count). The Labute approximate surface area is 241 Å². The number of nitro groups is 2. The summed E-state index contributed by atoms with van der Waals surface area (Å²) in [5, 5.41) is 23.1. The number of nitrogens with zero attached hydrogens (tertiary/aromatic N) is 4. The maximum absolute atomic E-state index is 13.7. The van der Waals surface area contributed by atoms with Gasteiger partial charge in [-0.05, 0) is 50.2 Å². The van der Waals surface area contributed by atoms with Crippen molar-refractivity contribution in [3.63, 3.8) is 0 Å². The molecule has 0 aliphatic heterocycles. The highest BCUT2D eigenvalue weighted by atomic mass is 32.2. The Morgan fingerprint density at radius 1 is 0.756 bits per heavy atom. The van der Waals surface area contributed by atoms with Crippen molar-refractivity contribution >= 4 is 31.4 Å². The van der Waals surface area contributed by atoms with Crippen molar-refractivity contribution in [2.75, 3.05) is 26.2 Å². The quantitative estimate of drug-likeness (QED) is 0.0916. The van der Waals surface area contributed by atoms with Crippen molar-refractivity contribution in [1.82, 2.24) is 8.61 Å². The van der Waals surface area contributed by atoms with Crippen LogP contribution in [0, 0.1) is 26.1 Å². The van der Waals surface area contributed by atoms with E-state index in [0.717, 1.165) is 20.7 Å². The fourth-order valence-corrected chi connectivity index (χ4v) is 7.70. The zero-order chi connectivity index (χ0) is 30.6. The predicted molar refractivity (Wildman–Crippen MR) is 156 cm³/mol. The van der Waals surface area contributed by atoms with E-state index in [9.17, 15) is 37.1 Å². The lowest BCUT2D eigenvalue weighted by atomic mass is 10.1. The summed E-state index contributed by atoms with van der Waals surface area (Å²) >= 11 is 0. The summed E-state index contributed by atoms with van der Waals surface area (Å²) in [5.74, 6) is -0.120. The number of sulfonamides is 2. The van der Waals surface area contributed by atoms with Gasteiger partial charge in [-0.3, -0.25) is 20.2 Å². The third kappa shape index (κ3) is 9.01. The molecule has 0 spiro atoms. The summed E-state index contributed by atoms with van der Waals surface area (Å²) in [7, 11) is -8.63. The number of nitro benzene ring substituents is 2. The summed E-state index contributed by atoms with van der Waals surface area (Å²) in [5.41, 5.74) is -1.11. The summed E-state index contributed by atoms with van der Waals surface area (Å²) in [6, 6.07) is 10.1. The lowest BCUT2D eigenvalue weighted by Gasteiger charge is -2.27. The smallest absolute Gasteiger partial charge is 0.258 e. The molecule has 0 aliphatic rings. The van der Waals surface area contributed by atoms with Crippen LogP contribution in [0.15, 0.2) is 83.6 Å². The van der Waals surface area contributed by atoms with Gasteiger partial charge in [0.2, 0.25) is 20.0 Å². The molecule has 1 atom stereocenters. The van der Waals surface area contributed by atoms with Crippen LogP contribution in [0.25, 0.3) is 0 Å². The van der Waals surface area contributed by atoms with Gasteiger partial charge >= 0.3 is 0 Å². The van der Waals surface area contributed by atoms with Crippen LogP contribution in [0.2, 0.25) is 0 Å². The first-order valence-electron chi connectivity index (χ1n) is 13.1. The van der Waals surface area contributed by atoms with Gasteiger partial charge in [0.25, 0.3) is 11.4 Å². The fourth-order valence-electron chi connectivity index (χ4n) is 4.27. The van der Waals surface area contributed by atoms with E-state index in [4.69, 9.17) is 0 Å². The van der Waals surface area contributed by atoms with Crippen molar-refractivity contribution in [3.05, 3.63) is 94.1 Å². The van der Waals surface area contributed by atoms with Gasteiger partial charge in [0.1, 0.15) is 0 Å². The number of hydrogen-bond donors (Lipinski definition) is 0. The third-order valence-corrected chi connectivity index (χ3v) is 10.2. The van der Waals surface area contributed by atoms with Crippen LogP contribution in [-0.4, -0.2) is 61.5 Å². The Hall–Kier alpha value is -3.46. The summed E-state index contributed by atoms with van der Waals surface area (Å²) in [6.07, 6.45) is 5.57. The fraction of sp³-hybridized carbons (Fsp3) is 0.407. The molecule has 0 heterocycles. The molecule has 2 aromatic carbocycles. The van der Waals surface area contributed by atoms with Crippen LogP contribution in [0.3, 0.4) is 0 Å². The summed E-state index contributed by atoms with van der Waals surface area (Å²) in [6.45, 7) is 9.01. The Morgan fingerprint density at radius 2 is 1.20 bits per heavy atom. The number of benzene rings is 2. The maximum Gasteiger partial charge on any atom is 0.289 e. The Kier molecular flexibility index (Phi) is 12.8. The van der Waals surface area contributed by atoms with Crippen molar-refractivity contribution in [1.29, 1.82) is 0 Å². The number of allylic oxidation sites excluding steroid dienone is 2. The standard InChI is InChI=1S/C27H36N4O8S2/c1-4-6-12-19-28(40(36,37)26-17-10-8-15-24(26)30(32)33)20-13-21-29(22-23(3)14-7-5-2)41(38,39)27-18-11-9-16-25(27)31(34)35/h4-5,8-11,15-18,23H,1-2,6-7,12-14,19-22H2,3H3/t23-/m0/s1. The van der Waals surface area contributed by atoms with E-state index >= 15 is 0 Å². The molecular weight excluding hydrogens is 572 g/mol. The first-order chi connectivity index (χ1) is 19.4. The molecule has 14 heteroatoms. The van der Waals surface area contributed by atoms with Crippen LogP contribution in [0.4, 0.5) is 11.4 Å². The second-order valence-corrected chi connectivity index (χ2v) is 13.3. The molecule has 0 amide bonds. The van der Waals surface area contributed by atoms with E-state index in [-0.39, 0.29) is 38.5 Å². The number of rotatable bonds is 19. The van der Waals surface area contributed by atoms with E-state index in [0.29, 0.717) is 25.7 Å². The van der Waals surface area contributed by atoms with Gasteiger partial charge < -0.3 is 0 Å². The maximum atomic E-state index is 13.7. The van der Waals surface area contributed by atoms with Gasteiger partial charge in [0, 0.05) is 38.3 Å². The predicted octanol–water partition coefficient (Wildman–Crippen LogP) is 5.14. The first-order valence-corrected chi connectivity index (χ1v) is 15.9. The minimum absolute atomic E-state index is 0.0348.